The average molecular weight is 1240 g/mol. The van der Waals surface area contributed by atoms with Crippen LogP contribution < -0.4 is 9.80 Å². The number of anilines is 6. The van der Waals surface area contributed by atoms with Crippen molar-refractivity contribution in [3.8, 4) is 22.3 Å². The number of fused-ring (bicyclic) bond motifs is 18. The zero-order chi connectivity index (χ0) is 62.7. The lowest BCUT2D eigenvalue weighted by Crippen LogP contribution is -2.10. The standard InChI is InChI=1S/C90H66N4O2/c1-7-25-55(26-8-1)63-37-19-41-69-71-43-23-47-75(89(71)95-87(63)69)91(59-33-15-5-16-34-59)61-49-51-65-67-39-21-45-73-81-80(58-31-13-4-14-32-58)86-82(79(57-29-11-3-12-30-57)85(81)93(83(67)73)77(65)53-61)74-46-22-40-68-66-52-50-62(54-78(66)94(86)84(68)74)92(60-35-17-6-18-36-60)76-48-24-44-72-70-42-20-38-64(88(70)96-90(72)76)56-27-9-2-10-28-56/h3-6,11-24,29-56H,1-2,7-10,25-28H2. The van der Waals surface area contributed by atoms with Crippen LogP contribution in [0.25, 0.3) is 142 Å². The fourth-order valence-corrected chi connectivity index (χ4v) is 18.2. The molecule has 0 aliphatic heterocycles. The van der Waals surface area contributed by atoms with E-state index in [1.54, 1.807) is 0 Å². The Morgan fingerprint density at radius 3 is 1.04 bits per heavy atom. The maximum absolute atomic E-state index is 7.31. The monoisotopic (exact) mass is 1230 g/mol. The summed E-state index contributed by atoms with van der Waals surface area (Å²) in [6, 6.07) is 99.8. The van der Waals surface area contributed by atoms with Crippen LogP contribution in [0, 0.1) is 0 Å². The van der Waals surface area contributed by atoms with Gasteiger partial charge in [-0.25, -0.2) is 0 Å². The molecule has 0 atom stereocenters. The Kier molecular flexibility index (Phi) is 11.9. The first kappa shape index (κ1) is 54.1. The number of para-hydroxylation sites is 8. The maximum atomic E-state index is 7.31. The number of benzene rings is 13. The van der Waals surface area contributed by atoms with Crippen LogP contribution in [0.15, 0.2) is 276 Å². The molecule has 2 aliphatic rings. The molecule has 0 spiro atoms. The van der Waals surface area contributed by atoms with Crippen molar-refractivity contribution in [1.29, 1.82) is 0 Å². The Morgan fingerprint density at radius 2 is 0.625 bits per heavy atom. The van der Waals surface area contributed by atoms with Gasteiger partial charge in [-0.1, -0.05) is 245 Å². The Balaban J connectivity index is 0.851. The number of furan rings is 2. The molecule has 96 heavy (non-hydrogen) atoms. The summed E-state index contributed by atoms with van der Waals surface area (Å²) in [4.78, 5) is 4.86. The number of nitrogens with zero attached hydrogens (tertiary/aromatic N) is 4. The van der Waals surface area contributed by atoms with Crippen molar-refractivity contribution in [2.45, 2.75) is 76.0 Å². The van der Waals surface area contributed by atoms with E-state index in [1.807, 2.05) is 0 Å². The summed E-state index contributed by atoms with van der Waals surface area (Å²) >= 11 is 0. The highest BCUT2D eigenvalue weighted by molar-refractivity contribution is 6.38. The summed E-state index contributed by atoms with van der Waals surface area (Å²) in [7, 11) is 0. The molecular weight excluding hydrogens is 1170 g/mol. The molecule has 6 aromatic heterocycles. The third-order valence-electron chi connectivity index (χ3n) is 22.3. The fourth-order valence-electron chi connectivity index (χ4n) is 18.2. The molecule has 0 bridgehead atoms. The van der Waals surface area contributed by atoms with E-state index in [2.05, 4.69) is 286 Å². The summed E-state index contributed by atoms with van der Waals surface area (Å²) in [5.41, 5.74) is 24.8. The first-order valence-corrected chi connectivity index (χ1v) is 34.8. The largest absolute Gasteiger partial charge is 0.454 e. The van der Waals surface area contributed by atoms with Gasteiger partial charge in [0.15, 0.2) is 11.2 Å². The highest BCUT2D eigenvalue weighted by Crippen LogP contribution is 2.56. The first-order valence-electron chi connectivity index (χ1n) is 34.8. The van der Waals surface area contributed by atoms with Gasteiger partial charge < -0.3 is 27.4 Å². The number of aromatic nitrogens is 2. The van der Waals surface area contributed by atoms with Crippen molar-refractivity contribution < 1.29 is 8.83 Å². The Morgan fingerprint density at radius 1 is 0.271 bits per heavy atom. The summed E-state index contributed by atoms with van der Waals surface area (Å²) < 4.78 is 19.9. The molecule has 2 saturated carbocycles. The smallest absolute Gasteiger partial charge is 0.159 e. The van der Waals surface area contributed by atoms with Gasteiger partial charge in [0.2, 0.25) is 0 Å². The fraction of sp³-hybridized carbons (Fsp3) is 0.133. The van der Waals surface area contributed by atoms with Gasteiger partial charge in [0, 0.05) is 98.5 Å². The lowest BCUT2D eigenvalue weighted by atomic mass is 9.83. The Bertz CT molecular complexity index is 5900. The van der Waals surface area contributed by atoms with Gasteiger partial charge in [0.25, 0.3) is 0 Å². The first-order chi connectivity index (χ1) is 47.7. The Labute approximate surface area is 554 Å². The lowest BCUT2D eigenvalue weighted by molar-refractivity contribution is 0.442. The van der Waals surface area contributed by atoms with Crippen LogP contribution in [0.2, 0.25) is 0 Å². The van der Waals surface area contributed by atoms with Gasteiger partial charge in [-0.3, -0.25) is 0 Å². The van der Waals surface area contributed by atoms with Crippen molar-refractivity contribution in [2.75, 3.05) is 9.80 Å². The molecule has 458 valence electrons. The van der Waals surface area contributed by atoms with E-state index in [9.17, 15) is 0 Å². The molecule has 19 aromatic rings. The zero-order valence-electron chi connectivity index (χ0n) is 53.2. The molecule has 0 N–H and O–H groups in total. The van der Waals surface area contributed by atoms with Gasteiger partial charge in [-0.2, -0.15) is 0 Å². The molecule has 2 fully saturated rings. The van der Waals surface area contributed by atoms with E-state index in [0.29, 0.717) is 11.8 Å². The second-order valence-electron chi connectivity index (χ2n) is 27.4. The van der Waals surface area contributed by atoms with E-state index >= 15 is 0 Å². The summed E-state index contributed by atoms with van der Waals surface area (Å²) in [5, 5.41) is 14.5. The van der Waals surface area contributed by atoms with Crippen molar-refractivity contribution in [1.82, 2.24) is 8.80 Å². The molecule has 6 heteroatoms. The van der Waals surface area contributed by atoms with Gasteiger partial charge >= 0.3 is 0 Å². The van der Waals surface area contributed by atoms with Crippen molar-refractivity contribution in [3.63, 3.8) is 0 Å². The predicted octanol–water partition coefficient (Wildman–Crippen LogP) is 26.2. The lowest BCUT2D eigenvalue weighted by Gasteiger charge is -2.26. The molecule has 13 aromatic carbocycles. The minimum Gasteiger partial charge on any atom is -0.454 e. The van der Waals surface area contributed by atoms with Gasteiger partial charge in [-0.05, 0) is 120 Å². The highest BCUT2D eigenvalue weighted by atomic mass is 16.3. The van der Waals surface area contributed by atoms with E-state index < -0.39 is 0 Å². The molecule has 0 radical (unpaired) electrons. The second kappa shape index (κ2) is 21.1. The number of rotatable bonds is 10. The van der Waals surface area contributed by atoms with Crippen LogP contribution >= 0.6 is 0 Å². The van der Waals surface area contributed by atoms with E-state index in [-0.39, 0.29) is 0 Å². The van der Waals surface area contributed by atoms with Crippen LogP contribution in [0.5, 0.6) is 0 Å². The molecule has 21 rings (SSSR count). The zero-order valence-corrected chi connectivity index (χ0v) is 53.2. The highest BCUT2D eigenvalue weighted by Gasteiger charge is 2.33. The van der Waals surface area contributed by atoms with Crippen molar-refractivity contribution in [2.24, 2.45) is 0 Å². The van der Waals surface area contributed by atoms with Crippen LogP contribution in [0.4, 0.5) is 34.1 Å². The van der Waals surface area contributed by atoms with Gasteiger partial charge in [0.1, 0.15) is 11.2 Å². The molecule has 0 unspecified atom stereocenters. The molecule has 0 saturated heterocycles. The third kappa shape index (κ3) is 7.75. The van der Waals surface area contributed by atoms with E-state index in [4.69, 9.17) is 8.83 Å². The maximum Gasteiger partial charge on any atom is 0.159 e. The van der Waals surface area contributed by atoms with Crippen molar-refractivity contribution >= 4 is 154 Å². The summed E-state index contributed by atoms with van der Waals surface area (Å²) in [6.07, 6.45) is 12.5. The van der Waals surface area contributed by atoms with Crippen LogP contribution in [-0.2, 0) is 0 Å². The topological polar surface area (TPSA) is 41.6 Å². The van der Waals surface area contributed by atoms with Gasteiger partial charge in [0.05, 0.1) is 44.5 Å². The molecule has 0 amide bonds. The van der Waals surface area contributed by atoms with Crippen molar-refractivity contribution in [3.05, 3.63) is 278 Å². The minimum absolute atomic E-state index is 0.504. The molecular formula is C90H66N4O2. The third-order valence-corrected chi connectivity index (χ3v) is 22.3. The molecule has 6 heterocycles. The van der Waals surface area contributed by atoms with E-state index in [0.717, 1.165) is 78.3 Å². The summed E-state index contributed by atoms with van der Waals surface area (Å²) in [5.74, 6) is 1.01. The molecule has 2 aliphatic carbocycles. The predicted molar refractivity (Wildman–Crippen MR) is 402 cm³/mol. The Hall–Kier alpha value is -11.3. The van der Waals surface area contributed by atoms with Gasteiger partial charge in [-0.15, -0.1) is 0 Å². The SMILES string of the molecule is c1ccc(-c2c3c4cccc5c6ccc(N(c7ccccc7)c7cccc8c7oc7c(C9CCCCC9)cccc78)cc6n(c3c(-c3ccccc3)c3c6cccc7c8ccc(N(c9ccccc9)c9cccc%10c9oc9c(C%11CCCCC%11)cccc9%10)cc8n(c23)c76)c54)cc1. The second-order valence-corrected chi connectivity index (χ2v) is 27.4. The summed E-state index contributed by atoms with van der Waals surface area (Å²) in [6.45, 7) is 0. The minimum atomic E-state index is 0.504. The number of hydrogen-bond donors (Lipinski definition) is 0. The number of hydrogen-bond acceptors (Lipinski definition) is 4. The average Bonchev–Trinajstić information content (AvgIpc) is 1.49. The van der Waals surface area contributed by atoms with Crippen LogP contribution in [-0.4, -0.2) is 8.80 Å². The van der Waals surface area contributed by atoms with Crippen LogP contribution in [0.1, 0.15) is 87.2 Å². The quantitative estimate of drug-likeness (QED) is 0.137. The molecule has 6 nitrogen and oxygen atoms in total. The normalized spacial score (nSPS) is 14.6. The van der Waals surface area contributed by atoms with E-state index in [1.165, 1.54) is 174 Å². The van der Waals surface area contributed by atoms with Crippen LogP contribution in [0.3, 0.4) is 0 Å².